The number of pyridine rings is 1. The molecule has 0 saturated carbocycles. The van der Waals surface area contributed by atoms with Gasteiger partial charge in [-0.15, -0.1) is 0 Å². The molecule has 0 fully saturated rings. The number of hydrogen-bond donors (Lipinski definition) is 1. The lowest BCUT2D eigenvalue weighted by molar-refractivity contribution is 0.0896. The number of hydrogen-bond acceptors (Lipinski definition) is 4. The number of aromatic nitrogens is 2. The minimum atomic E-state index is -0.240. The normalized spacial score (nSPS) is 13.0. The number of carbonyl (C=O) groups is 1. The van der Waals surface area contributed by atoms with E-state index in [-0.39, 0.29) is 23.1 Å². The molecule has 0 saturated heterocycles. The molecule has 2 rings (SSSR count). The van der Waals surface area contributed by atoms with Crippen molar-refractivity contribution in [2.24, 2.45) is 5.41 Å². The summed E-state index contributed by atoms with van der Waals surface area (Å²) in [5.41, 5.74) is 1.66. The summed E-state index contributed by atoms with van der Waals surface area (Å²) >= 11 is 0. The van der Waals surface area contributed by atoms with Gasteiger partial charge in [0.2, 0.25) is 5.76 Å². The predicted octanol–water partition coefficient (Wildman–Crippen LogP) is 3.59. The van der Waals surface area contributed by atoms with Crippen LogP contribution in [0, 0.1) is 19.3 Å². The first-order valence-corrected chi connectivity index (χ1v) is 7.41. The first-order valence-electron chi connectivity index (χ1n) is 7.41. The fourth-order valence-electron chi connectivity index (χ4n) is 2.41. The van der Waals surface area contributed by atoms with E-state index >= 15 is 0 Å². The molecule has 2 heterocycles. The van der Waals surface area contributed by atoms with Gasteiger partial charge in [0, 0.05) is 19.3 Å². The zero-order chi connectivity index (χ0) is 16.3. The summed E-state index contributed by atoms with van der Waals surface area (Å²) in [4.78, 5) is 20.8. The third-order valence-electron chi connectivity index (χ3n) is 3.32. The number of rotatable bonds is 4. The summed E-state index contributed by atoms with van der Waals surface area (Å²) in [6, 6.07) is 3.73. The molecule has 22 heavy (non-hydrogen) atoms. The van der Waals surface area contributed by atoms with Crippen molar-refractivity contribution in [1.29, 1.82) is 0 Å². The average molecular weight is 301 g/mol. The largest absolute Gasteiger partial charge is 0.436 e. The number of aryl methyl sites for hydroxylation is 2. The van der Waals surface area contributed by atoms with Gasteiger partial charge in [0.15, 0.2) is 5.89 Å². The van der Waals surface area contributed by atoms with Crippen LogP contribution < -0.4 is 5.32 Å². The van der Waals surface area contributed by atoms with Crippen molar-refractivity contribution in [3.63, 3.8) is 0 Å². The Hall–Kier alpha value is -2.17. The summed E-state index contributed by atoms with van der Waals surface area (Å²) in [5.74, 6) is 0.535. The van der Waals surface area contributed by atoms with Crippen LogP contribution in [-0.4, -0.2) is 15.9 Å². The maximum absolute atomic E-state index is 12.5. The monoisotopic (exact) mass is 301 g/mol. The Morgan fingerprint density at radius 1 is 1.36 bits per heavy atom. The van der Waals surface area contributed by atoms with Crippen molar-refractivity contribution in [1.82, 2.24) is 15.3 Å². The molecule has 0 unspecified atom stereocenters. The molecule has 5 nitrogen and oxygen atoms in total. The molecule has 1 N–H and O–H groups in total. The van der Waals surface area contributed by atoms with Gasteiger partial charge in [0.05, 0.1) is 11.7 Å². The first kappa shape index (κ1) is 16.2. The minimum Gasteiger partial charge on any atom is -0.436 e. The van der Waals surface area contributed by atoms with E-state index in [2.05, 4.69) is 36.1 Å². The third kappa shape index (κ3) is 4.16. The van der Waals surface area contributed by atoms with Crippen molar-refractivity contribution >= 4 is 5.91 Å². The second-order valence-corrected chi connectivity index (χ2v) is 6.72. The molecule has 1 amide bonds. The van der Waals surface area contributed by atoms with Crippen LogP contribution in [0.5, 0.6) is 0 Å². The van der Waals surface area contributed by atoms with Gasteiger partial charge < -0.3 is 9.73 Å². The highest BCUT2D eigenvalue weighted by Gasteiger charge is 2.25. The van der Waals surface area contributed by atoms with Crippen LogP contribution in [0.1, 0.15) is 60.9 Å². The second-order valence-electron chi connectivity index (χ2n) is 6.72. The maximum atomic E-state index is 12.5. The van der Waals surface area contributed by atoms with Crippen LogP contribution in [0.3, 0.4) is 0 Å². The minimum absolute atomic E-state index is 0.0696. The fraction of sp³-hybridized carbons (Fsp3) is 0.471. The molecular formula is C17H23N3O2. The summed E-state index contributed by atoms with van der Waals surface area (Å²) in [6.07, 6.45) is 4.31. The Bertz CT molecular complexity index is 642. The molecule has 2 aromatic rings. The lowest BCUT2D eigenvalue weighted by Gasteiger charge is -2.26. The first-order chi connectivity index (χ1) is 10.3. The Balaban J connectivity index is 2.23. The molecule has 118 valence electrons. The van der Waals surface area contributed by atoms with E-state index in [0.717, 1.165) is 12.0 Å². The van der Waals surface area contributed by atoms with E-state index in [1.54, 1.807) is 26.2 Å². The number of nitrogens with one attached hydrogen (secondary N) is 1. The zero-order valence-corrected chi connectivity index (χ0v) is 13.8. The summed E-state index contributed by atoms with van der Waals surface area (Å²) in [6.45, 7) is 9.94. The fourth-order valence-corrected chi connectivity index (χ4v) is 2.41. The van der Waals surface area contributed by atoms with Gasteiger partial charge in [-0.2, -0.15) is 0 Å². The van der Waals surface area contributed by atoms with Crippen LogP contribution in [0.4, 0.5) is 0 Å². The van der Waals surface area contributed by atoms with Crippen molar-refractivity contribution in [3.8, 4) is 0 Å². The molecule has 0 aliphatic heterocycles. The van der Waals surface area contributed by atoms with Crippen LogP contribution >= 0.6 is 0 Å². The summed E-state index contributed by atoms with van der Waals surface area (Å²) in [7, 11) is 0. The highest BCUT2D eigenvalue weighted by atomic mass is 16.4. The Morgan fingerprint density at radius 2 is 2.09 bits per heavy atom. The number of carbonyl (C=O) groups excluding carboxylic acids is 1. The van der Waals surface area contributed by atoms with E-state index in [1.165, 1.54) is 0 Å². The lowest BCUT2D eigenvalue weighted by atomic mass is 9.86. The van der Waals surface area contributed by atoms with Gasteiger partial charge in [-0.05, 0) is 30.4 Å². The molecule has 1 atom stereocenters. The molecule has 5 heteroatoms. The Kier molecular flexibility index (Phi) is 4.64. The van der Waals surface area contributed by atoms with Gasteiger partial charge in [0.25, 0.3) is 5.91 Å². The van der Waals surface area contributed by atoms with Crippen LogP contribution in [-0.2, 0) is 0 Å². The van der Waals surface area contributed by atoms with Crippen LogP contribution in [0.15, 0.2) is 28.9 Å². The highest BCUT2D eigenvalue weighted by Crippen LogP contribution is 2.29. The van der Waals surface area contributed by atoms with Gasteiger partial charge in [-0.3, -0.25) is 9.78 Å². The third-order valence-corrected chi connectivity index (χ3v) is 3.32. The number of nitrogens with zero attached hydrogens (tertiary/aromatic N) is 2. The Labute approximate surface area is 131 Å². The SMILES string of the molecule is Cc1nc(C)c(C(=O)N[C@H](CC(C)(C)C)c2cccnc2)o1. The lowest BCUT2D eigenvalue weighted by Crippen LogP contribution is -2.31. The van der Waals surface area contributed by atoms with E-state index < -0.39 is 0 Å². The van der Waals surface area contributed by atoms with E-state index in [4.69, 9.17) is 4.42 Å². The molecule has 0 aliphatic carbocycles. The Morgan fingerprint density at radius 3 is 2.59 bits per heavy atom. The van der Waals surface area contributed by atoms with Crippen molar-refractivity contribution in [2.45, 2.75) is 47.1 Å². The average Bonchev–Trinajstić information content (AvgIpc) is 2.76. The number of amides is 1. The van der Waals surface area contributed by atoms with Gasteiger partial charge >= 0.3 is 0 Å². The number of oxazole rings is 1. The second kappa shape index (κ2) is 6.30. The van der Waals surface area contributed by atoms with Crippen molar-refractivity contribution in [3.05, 3.63) is 47.4 Å². The summed E-state index contributed by atoms with van der Waals surface area (Å²) < 4.78 is 5.40. The van der Waals surface area contributed by atoms with E-state index in [1.807, 2.05) is 12.1 Å². The van der Waals surface area contributed by atoms with Crippen molar-refractivity contribution < 1.29 is 9.21 Å². The smallest absolute Gasteiger partial charge is 0.289 e. The molecule has 0 aliphatic rings. The standard InChI is InChI=1S/C17H23N3O2/c1-11-15(22-12(2)19-11)16(21)20-14(9-17(3,4)5)13-7-6-8-18-10-13/h6-8,10,14H,9H2,1-5H3,(H,20,21)/t14-/m1/s1. The van der Waals surface area contributed by atoms with Crippen molar-refractivity contribution in [2.75, 3.05) is 0 Å². The molecule has 0 bridgehead atoms. The molecule has 0 radical (unpaired) electrons. The molecule has 0 spiro atoms. The summed E-state index contributed by atoms with van der Waals surface area (Å²) in [5, 5.41) is 3.05. The van der Waals surface area contributed by atoms with Gasteiger partial charge in [-0.1, -0.05) is 26.8 Å². The highest BCUT2D eigenvalue weighted by molar-refractivity contribution is 5.92. The molecular weight excluding hydrogens is 278 g/mol. The van der Waals surface area contributed by atoms with E-state index in [0.29, 0.717) is 11.6 Å². The topological polar surface area (TPSA) is 68.0 Å². The predicted molar refractivity (Wildman–Crippen MR) is 84.5 cm³/mol. The quantitative estimate of drug-likeness (QED) is 0.937. The van der Waals surface area contributed by atoms with E-state index in [9.17, 15) is 4.79 Å². The van der Waals surface area contributed by atoms with Crippen LogP contribution in [0.25, 0.3) is 0 Å². The van der Waals surface area contributed by atoms with Crippen LogP contribution in [0.2, 0.25) is 0 Å². The maximum Gasteiger partial charge on any atom is 0.289 e. The zero-order valence-electron chi connectivity index (χ0n) is 13.8. The van der Waals surface area contributed by atoms with Gasteiger partial charge in [0.1, 0.15) is 0 Å². The van der Waals surface area contributed by atoms with Gasteiger partial charge in [-0.25, -0.2) is 4.98 Å². The molecule has 2 aromatic heterocycles. The molecule has 0 aromatic carbocycles.